The number of hydrogen-bond donors (Lipinski definition) is 0. The van der Waals surface area contributed by atoms with E-state index in [1.165, 1.54) is 12.8 Å². The fourth-order valence-corrected chi connectivity index (χ4v) is 2.00. The van der Waals surface area contributed by atoms with Crippen LogP contribution in [0.1, 0.15) is 36.8 Å². The van der Waals surface area contributed by atoms with Gasteiger partial charge in [-0.3, -0.25) is 20.0 Å². The highest BCUT2D eigenvalue weighted by Gasteiger charge is 1.90. The van der Waals surface area contributed by atoms with Gasteiger partial charge in [0.15, 0.2) is 0 Å². The smallest absolute Gasteiger partial charge is 0.0389 e. The molecule has 2 aromatic heterocycles. The molecular formula is C18H22N4. The topological polar surface area (TPSA) is 50.5 Å². The molecule has 0 saturated heterocycles. The predicted octanol–water partition coefficient (Wildman–Crippen LogP) is 3.58. The van der Waals surface area contributed by atoms with Crippen LogP contribution in [0.25, 0.3) is 0 Å². The predicted molar refractivity (Wildman–Crippen MR) is 91.9 cm³/mol. The van der Waals surface area contributed by atoms with E-state index in [1.54, 1.807) is 24.8 Å². The van der Waals surface area contributed by atoms with Gasteiger partial charge in [-0.25, -0.2) is 0 Å². The Morgan fingerprint density at radius 3 is 1.45 bits per heavy atom. The molecule has 0 aliphatic carbocycles. The van der Waals surface area contributed by atoms with Gasteiger partial charge in [-0.1, -0.05) is 12.8 Å². The summed E-state index contributed by atoms with van der Waals surface area (Å²) >= 11 is 0. The molecule has 22 heavy (non-hydrogen) atoms. The van der Waals surface area contributed by atoms with Crippen molar-refractivity contribution in [1.29, 1.82) is 0 Å². The minimum atomic E-state index is 0.891. The van der Waals surface area contributed by atoms with Gasteiger partial charge in [0, 0.05) is 50.3 Å². The Balaban J connectivity index is 1.48. The maximum absolute atomic E-state index is 4.43. The summed E-state index contributed by atoms with van der Waals surface area (Å²) in [6.07, 6.45) is 15.7. The average molecular weight is 294 g/mol. The molecule has 0 saturated carbocycles. The van der Waals surface area contributed by atoms with Crippen LogP contribution in [0.2, 0.25) is 0 Å². The second-order valence-corrected chi connectivity index (χ2v) is 5.05. The van der Waals surface area contributed by atoms with Crippen LogP contribution in [0, 0.1) is 0 Å². The van der Waals surface area contributed by atoms with Crippen molar-refractivity contribution in [2.24, 2.45) is 9.98 Å². The number of aliphatic imine (C=N–C) groups is 2. The zero-order valence-corrected chi connectivity index (χ0v) is 12.8. The van der Waals surface area contributed by atoms with E-state index < -0.39 is 0 Å². The van der Waals surface area contributed by atoms with Crippen LogP contribution in [0.4, 0.5) is 0 Å². The summed E-state index contributed by atoms with van der Waals surface area (Å²) in [6, 6.07) is 7.85. The van der Waals surface area contributed by atoms with Gasteiger partial charge in [0.25, 0.3) is 0 Å². The number of hydrogen-bond acceptors (Lipinski definition) is 4. The molecule has 0 spiro atoms. The minimum absolute atomic E-state index is 0.891. The minimum Gasteiger partial charge on any atom is -0.293 e. The number of rotatable bonds is 9. The van der Waals surface area contributed by atoms with E-state index in [1.807, 2.05) is 36.7 Å². The van der Waals surface area contributed by atoms with Crippen LogP contribution in [-0.2, 0) is 0 Å². The van der Waals surface area contributed by atoms with Crippen molar-refractivity contribution in [3.63, 3.8) is 0 Å². The van der Waals surface area contributed by atoms with E-state index in [-0.39, 0.29) is 0 Å². The summed E-state index contributed by atoms with van der Waals surface area (Å²) < 4.78 is 0. The maximum atomic E-state index is 4.43. The molecule has 0 bridgehead atoms. The molecule has 0 N–H and O–H groups in total. The molecule has 4 heteroatoms. The highest BCUT2D eigenvalue weighted by atomic mass is 14.7. The molecule has 0 amide bonds. The second kappa shape index (κ2) is 10.4. The molecular weight excluding hydrogens is 272 g/mol. The van der Waals surface area contributed by atoms with Gasteiger partial charge >= 0.3 is 0 Å². The molecule has 0 aliphatic rings. The van der Waals surface area contributed by atoms with Crippen molar-refractivity contribution >= 4 is 12.4 Å². The molecule has 0 unspecified atom stereocenters. The van der Waals surface area contributed by atoms with E-state index >= 15 is 0 Å². The van der Waals surface area contributed by atoms with Crippen molar-refractivity contribution in [3.05, 3.63) is 60.2 Å². The Morgan fingerprint density at radius 1 is 0.636 bits per heavy atom. The average Bonchev–Trinajstić information content (AvgIpc) is 2.58. The largest absolute Gasteiger partial charge is 0.293 e. The SMILES string of the molecule is C(=NCCCCCCN=Cc1ccncc1)c1ccncc1. The van der Waals surface area contributed by atoms with Crippen LogP contribution in [0.5, 0.6) is 0 Å². The normalized spacial score (nSPS) is 11.5. The summed E-state index contributed by atoms with van der Waals surface area (Å²) in [5.74, 6) is 0. The van der Waals surface area contributed by atoms with Crippen LogP contribution in [0.3, 0.4) is 0 Å². The van der Waals surface area contributed by atoms with Gasteiger partial charge in [-0.15, -0.1) is 0 Å². The Hall–Kier alpha value is -2.36. The van der Waals surface area contributed by atoms with Crippen molar-refractivity contribution < 1.29 is 0 Å². The lowest BCUT2D eigenvalue weighted by molar-refractivity contribution is 0.655. The van der Waals surface area contributed by atoms with Gasteiger partial charge in [0.05, 0.1) is 0 Å². The molecule has 0 radical (unpaired) electrons. The summed E-state index contributed by atoms with van der Waals surface area (Å²) in [7, 11) is 0. The molecule has 2 rings (SSSR count). The fraction of sp³-hybridized carbons (Fsp3) is 0.333. The molecule has 0 aromatic carbocycles. The number of pyridine rings is 2. The lowest BCUT2D eigenvalue weighted by atomic mass is 10.2. The second-order valence-electron chi connectivity index (χ2n) is 5.05. The van der Waals surface area contributed by atoms with Gasteiger partial charge in [0.1, 0.15) is 0 Å². The molecule has 2 aromatic rings. The van der Waals surface area contributed by atoms with E-state index in [0.29, 0.717) is 0 Å². The van der Waals surface area contributed by atoms with Gasteiger partial charge in [-0.2, -0.15) is 0 Å². The summed E-state index contributed by atoms with van der Waals surface area (Å²) in [5.41, 5.74) is 2.22. The molecule has 2 heterocycles. The quantitative estimate of drug-likeness (QED) is 0.524. The first kappa shape index (κ1) is 16.0. The van der Waals surface area contributed by atoms with Crippen molar-refractivity contribution in [1.82, 2.24) is 9.97 Å². The molecule has 0 fully saturated rings. The van der Waals surface area contributed by atoms with Gasteiger partial charge in [-0.05, 0) is 48.2 Å². The monoisotopic (exact) mass is 294 g/mol. The molecule has 114 valence electrons. The Morgan fingerprint density at radius 2 is 1.05 bits per heavy atom. The van der Waals surface area contributed by atoms with Crippen molar-refractivity contribution in [2.75, 3.05) is 13.1 Å². The third-order valence-corrected chi connectivity index (χ3v) is 3.22. The summed E-state index contributed by atoms with van der Waals surface area (Å²) in [5, 5.41) is 0. The van der Waals surface area contributed by atoms with E-state index in [2.05, 4.69) is 20.0 Å². The first-order valence-electron chi connectivity index (χ1n) is 7.75. The lowest BCUT2D eigenvalue weighted by Crippen LogP contribution is -1.88. The Bertz CT molecular complexity index is 511. The number of aromatic nitrogens is 2. The van der Waals surface area contributed by atoms with Gasteiger partial charge < -0.3 is 0 Å². The van der Waals surface area contributed by atoms with Crippen LogP contribution in [-0.4, -0.2) is 35.5 Å². The molecule has 0 atom stereocenters. The van der Waals surface area contributed by atoms with E-state index in [0.717, 1.165) is 37.1 Å². The van der Waals surface area contributed by atoms with Crippen LogP contribution >= 0.6 is 0 Å². The fourth-order valence-electron chi connectivity index (χ4n) is 2.00. The Kier molecular flexibility index (Phi) is 7.56. The van der Waals surface area contributed by atoms with Crippen molar-refractivity contribution in [3.8, 4) is 0 Å². The highest BCUT2D eigenvalue weighted by Crippen LogP contribution is 2.01. The van der Waals surface area contributed by atoms with E-state index in [9.17, 15) is 0 Å². The third kappa shape index (κ3) is 6.88. The first-order chi connectivity index (χ1) is 10.9. The number of unbranched alkanes of at least 4 members (excludes halogenated alkanes) is 3. The number of nitrogens with zero attached hydrogens (tertiary/aromatic N) is 4. The zero-order valence-electron chi connectivity index (χ0n) is 12.8. The van der Waals surface area contributed by atoms with E-state index in [4.69, 9.17) is 0 Å². The highest BCUT2D eigenvalue weighted by molar-refractivity contribution is 5.79. The Labute approximate surface area is 132 Å². The maximum Gasteiger partial charge on any atom is 0.0389 e. The third-order valence-electron chi connectivity index (χ3n) is 3.22. The first-order valence-corrected chi connectivity index (χ1v) is 7.75. The molecule has 0 aliphatic heterocycles. The van der Waals surface area contributed by atoms with Gasteiger partial charge in [0.2, 0.25) is 0 Å². The lowest BCUT2D eigenvalue weighted by Gasteiger charge is -1.97. The summed E-state index contributed by atoms with van der Waals surface area (Å²) in [6.45, 7) is 1.78. The van der Waals surface area contributed by atoms with Crippen molar-refractivity contribution in [2.45, 2.75) is 25.7 Å². The van der Waals surface area contributed by atoms with Crippen LogP contribution in [0.15, 0.2) is 59.0 Å². The standard InChI is InChI=1S/C18H22N4/c1(3-9-21-15-17-5-11-19-12-6-17)2-4-10-22-16-18-7-13-20-14-8-18/h5-8,11-16H,1-4,9-10H2. The molecule has 4 nitrogen and oxygen atoms in total. The zero-order chi connectivity index (χ0) is 15.3. The van der Waals surface area contributed by atoms with Crippen LogP contribution < -0.4 is 0 Å². The summed E-state index contributed by atoms with van der Waals surface area (Å²) in [4.78, 5) is 16.8.